The SMILES string of the molecule is CC.CC.CN1CCC(CCN2CC3(CCN(C)CC3)C2)CC1. The lowest BCUT2D eigenvalue weighted by molar-refractivity contribution is -0.0452. The van der Waals surface area contributed by atoms with E-state index < -0.39 is 0 Å². The summed E-state index contributed by atoms with van der Waals surface area (Å²) < 4.78 is 0. The molecule has 3 rings (SSSR count). The van der Waals surface area contributed by atoms with Crippen LogP contribution in [0.4, 0.5) is 0 Å². The normalized spacial score (nSPS) is 25.8. The summed E-state index contributed by atoms with van der Waals surface area (Å²) in [6.45, 7) is 17.4. The number of hydrogen-bond acceptors (Lipinski definition) is 3. The zero-order valence-corrected chi connectivity index (χ0v) is 16.9. The van der Waals surface area contributed by atoms with Crippen molar-refractivity contribution in [1.82, 2.24) is 14.7 Å². The van der Waals surface area contributed by atoms with Gasteiger partial charge in [-0.2, -0.15) is 0 Å². The highest BCUT2D eigenvalue weighted by molar-refractivity contribution is 4.97. The zero-order chi connectivity index (χ0) is 17.3. The van der Waals surface area contributed by atoms with Crippen LogP contribution in [0, 0.1) is 11.3 Å². The van der Waals surface area contributed by atoms with Crippen LogP contribution in [-0.4, -0.2) is 74.6 Å². The van der Waals surface area contributed by atoms with Gasteiger partial charge in [0.15, 0.2) is 0 Å². The number of hydrogen-bond donors (Lipinski definition) is 0. The fourth-order valence-electron chi connectivity index (χ4n) is 4.19. The minimum Gasteiger partial charge on any atom is -0.306 e. The Morgan fingerprint density at radius 2 is 1.26 bits per heavy atom. The van der Waals surface area contributed by atoms with E-state index in [-0.39, 0.29) is 0 Å². The van der Waals surface area contributed by atoms with Gasteiger partial charge in [-0.3, -0.25) is 0 Å². The first-order valence-corrected chi connectivity index (χ1v) is 10.2. The predicted octanol–water partition coefficient (Wildman–Crippen LogP) is 3.80. The van der Waals surface area contributed by atoms with Gasteiger partial charge in [0.25, 0.3) is 0 Å². The van der Waals surface area contributed by atoms with Crippen molar-refractivity contribution < 1.29 is 0 Å². The van der Waals surface area contributed by atoms with E-state index in [9.17, 15) is 0 Å². The molecule has 1 spiro atoms. The lowest BCUT2D eigenvalue weighted by atomic mass is 9.72. The van der Waals surface area contributed by atoms with Gasteiger partial charge in [0.1, 0.15) is 0 Å². The lowest BCUT2D eigenvalue weighted by Gasteiger charge is -2.54. The molecule has 3 heteroatoms. The standard InChI is InChI=1S/C16H31N3.2C2H6/c1-17-8-3-15(4-9-17)5-10-19-13-16(14-19)6-11-18(2)12-7-16;2*1-2/h15H,3-14H2,1-2H3;2*1-2H3. The van der Waals surface area contributed by atoms with Gasteiger partial charge in [-0.05, 0) is 90.3 Å². The second kappa shape index (κ2) is 10.7. The molecule has 0 unspecified atom stereocenters. The molecule has 0 aromatic heterocycles. The Morgan fingerprint density at radius 1 is 0.783 bits per heavy atom. The van der Waals surface area contributed by atoms with E-state index in [0.717, 1.165) is 11.3 Å². The minimum atomic E-state index is 0.722. The maximum absolute atomic E-state index is 2.73. The molecule has 3 aliphatic heterocycles. The van der Waals surface area contributed by atoms with Gasteiger partial charge in [-0.25, -0.2) is 0 Å². The van der Waals surface area contributed by atoms with Crippen LogP contribution >= 0.6 is 0 Å². The molecule has 23 heavy (non-hydrogen) atoms. The summed E-state index contributed by atoms with van der Waals surface area (Å²) in [6, 6.07) is 0. The fraction of sp³-hybridized carbons (Fsp3) is 1.00. The van der Waals surface area contributed by atoms with E-state index in [4.69, 9.17) is 0 Å². The van der Waals surface area contributed by atoms with Gasteiger partial charge >= 0.3 is 0 Å². The van der Waals surface area contributed by atoms with Crippen molar-refractivity contribution in [2.45, 2.75) is 59.8 Å². The second-order valence-electron chi connectivity index (χ2n) is 7.55. The van der Waals surface area contributed by atoms with Gasteiger partial charge < -0.3 is 14.7 Å². The molecule has 3 fully saturated rings. The zero-order valence-electron chi connectivity index (χ0n) is 16.9. The summed E-state index contributed by atoms with van der Waals surface area (Å²) in [7, 11) is 4.53. The van der Waals surface area contributed by atoms with Crippen LogP contribution in [0.1, 0.15) is 59.8 Å². The maximum Gasteiger partial charge on any atom is 0.00514 e. The molecule has 0 bridgehead atoms. The molecular formula is C20H43N3. The van der Waals surface area contributed by atoms with Crippen LogP contribution in [0.25, 0.3) is 0 Å². The van der Waals surface area contributed by atoms with Crippen LogP contribution in [0.5, 0.6) is 0 Å². The smallest absolute Gasteiger partial charge is 0.00514 e. The first-order valence-electron chi connectivity index (χ1n) is 10.2. The molecule has 0 amide bonds. The van der Waals surface area contributed by atoms with Crippen LogP contribution in [0.2, 0.25) is 0 Å². The molecule has 0 aromatic carbocycles. The average molecular weight is 326 g/mol. The molecule has 0 N–H and O–H groups in total. The number of likely N-dealkylation sites (tertiary alicyclic amines) is 3. The molecule has 3 heterocycles. The average Bonchev–Trinajstić information content (AvgIpc) is 2.58. The third kappa shape index (κ3) is 6.36. The summed E-state index contributed by atoms with van der Waals surface area (Å²) in [6.07, 6.45) is 7.19. The van der Waals surface area contributed by atoms with Crippen LogP contribution in [0.3, 0.4) is 0 Å². The van der Waals surface area contributed by atoms with E-state index in [0.29, 0.717) is 0 Å². The minimum absolute atomic E-state index is 0.722. The molecule has 3 saturated heterocycles. The van der Waals surface area contributed by atoms with E-state index in [1.165, 1.54) is 77.9 Å². The molecule has 3 nitrogen and oxygen atoms in total. The van der Waals surface area contributed by atoms with Crippen molar-refractivity contribution in [1.29, 1.82) is 0 Å². The van der Waals surface area contributed by atoms with Gasteiger partial charge in [0.2, 0.25) is 0 Å². The number of rotatable bonds is 3. The van der Waals surface area contributed by atoms with Crippen molar-refractivity contribution in [2.24, 2.45) is 11.3 Å². The van der Waals surface area contributed by atoms with Crippen molar-refractivity contribution in [3.05, 3.63) is 0 Å². The van der Waals surface area contributed by atoms with E-state index in [2.05, 4.69) is 28.8 Å². The van der Waals surface area contributed by atoms with E-state index in [1.807, 2.05) is 27.7 Å². The summed E-state index contributed by atoms with van der Waals surface area (Å²) in [5, 5.41) is 0. The largest absolute Gasteiger partial charge is 0.306 e. The Bertz CT molecular complexity index is 281. The predicted molar refractivity (Wildman–Crippen MR) is 103 cm³/mol. The molecule has 0 atom stereocenters. The van der Waals surface area contributed by atoms with Crippen molar-refractivity contribution in [2.75, 3.05) is 59.9 Å². The summed E-state index contributed by atoms with van der Waals surface area (Å²) in [5.41, 5.74) is 0.722. The molecule has 3 aliphatic rings. The molecule has 138 valence electrons. The molecule has 0 aromatic rings. The lowest BCUT2D eigenvalue weighted by Crippen LogP contribution is -2.60. The number of nitrogens with zero attached hydrogens (tertiary/aromatic N) is 3. The summed E-state index contributed by atoms with van der Waals surface area (Å²) in [4.78, 5) is 7.70. The number of piperidine rings is 2. The van der Waals surface area contributed by atoms with Crippen LogP contribution in [0.15, 0.2) is 0 Å². The Labute approximate surface area is 146 Å². The molecule has 0 aliphatic carbocycles. The van der Waals surface area contributed by atoms with Gasteiger partial charge in [-0.15, -0.1) is 0 Å². The van der Waals surface area contributed by atoms with Gasteiger partial charge in [0.05, 0.1) is 0 Å². The first kappa shape index (κ1) is 20.9. The summed E-state index contributed by atoms with van der Waals surface area (Å²) >= 11 is 0. The van der Waals surface area contributed by atoms with Crippen molar-refractivity contribution in [3.63, 3.8) is 0 Å². The van der Waals surface area contributed by atoms with E-state index >= 15 is 0 Å². The van der Waals surface area contributed by atoms with Crippen LogP contribution in [-0.2, 0) is 0 Å². The Kier molecular flexibility index (Phi) is 9.72. The summed E-state index contributed by atoms with van der Waals surface area (Å²) in [5.74, 6) is 1.00. The Hall–Kier alpha value is -0.120. The monoisotopic (exact) mass is 325 g/mol. The fourth-order valence-corrected chi connectivity index (χ4v) is 4.19. The first-order chi connectivity index (χ1) is 11.2. The quantitative estimate of drug-likeness (QED) is 0.781. The highest BCUT2D eigenvalue weighted by Crippen LogP contribution is 2.40. The Balaban J connectivity index is 0.000000615. The maximum atomic E-state index is 2.73. The topological polar surface area (TPSA) is 9.72 Å². The Morgan fingerprint density at radius 3 is 1.78 bits per heavy atom. The van der Waals surface area contributed by atoms with Crippen molar-refractivity contribution >= 4 is 0 Å². The second-order valence-corrected chi connectivity index (χ2v) is 7.55. The highest BCUT2D eigenvalue weighted by atomic mass is 15.2. The highest BCUT2D eigenvalue weighted by Gasteiger charge is 2.43. The van der Waals surface area contributed by atoms with E-state index in [1.54, 1.807) is 0 Å². The van der Waals surface area contributed by atoms with Gasteiger partial charge in [-0.1, -0.05) is 27.7 Å². The van der Waals surface area contributed by atoms with Crippen molar-refractivity contribution in [3.8, 4) is 0 Å². The molecule has 0 saturated carbocycles. The third-order valence-corrected chi connectivity index (χ3v) is 5.86. The van der Waals surface area contributed by atoms with Gasteiger partial charge in [0, 0.05) is 13.1 Å². The molecular weight excluding hydrogens is 282 g/mol. The molecule has 0 radical (unpaired) electrons. The third-order valence-electron chi connectivity index (χ3n) is 5.86. The van der Waals surface area contributed by atoms with Crippen LogP contribution < -0.4 is 0 Å².